The second-order valence-electron chi connectivity index (χ2n) is 3.71. The first-order chi connectivity index (χ1) is 8.00. The Morgan fingerprint density at radius 1 is 1.29 bits per heavy atom. The Kier molecular flexibility index (Phi) is 3.71. The van der Waals surface area contributed by atoms with E-state index in [1.807, 2.05) is 24.3 Å². The van der Waals surface area contributed by atoms with Gasteiger partial charge in [-0.3, -0.25) is 0 Å². The molecule has 0 radical (unpaired) electrons. The summed E-state index contributed by atoms with van der Waals surface area (Å²) in [5.74, 6) is 0.804. The number of nitrogens with zero attached hydrogens (tertiary/aromatic N) is 1. The molecule has 6 heteroatoms. The van der Waals surface area contributed by atoms with Crippen molar-refractivity contribution in [3.05, 3.63) is 29.8 Å². The minimum Gasteiger partial charge on any atom is -0.497 e. The molecule has 0 aliphatic carbocycles. The van der Waals surface area contributed by atoms with Crippen LogP contribution in [-0.4, -0.2) is 22.7 Å². The van der Waals surface area contributed by atoms with Gasteiger partial charge in [-0.1, -0.05) is 34.8 Å². The van der Waals surface area contributed by atoms with Crippen LogP contribution in [0.4, 0.5) is 0 Å². The quantitative estimate of drug-likeness (QED) is 0.850. The van der Waals surface area contributed by atoms with Crippen LogP contribution in [0.25, 0.3) is 0 Å². The van der Waals surface area contributed by atoms with Gasteiger partial charge in [-0.05, 0) is 29.8 Å². The Labute approximate surface area is 115 Å². The van der Waals surface area contributed by atoms with Crippen molar-refractivity contribution in [3.8, 4) is 5.75 Å². The molecule has 1 atom stereocenters. The van der Waals surface area contributed by atoms with Crippen molar-refractivity contribution in [2.75, 3.05) is 7.11 Å². The lowest BCUT2D eigenvalue weighted by atomic mass is 10.1. The topological polar surface area (TPSA) is 33.6 Å². The lowest BCUT2D eigenvalue weighted by molar-refractivity contribution is 0.415. The minimum atomic E-state index is -1.35. The number of rotatable bonds is 2. The van der Waals surface area contributed by atoms with E-state index < -0.39 is 3.79 Å². The van der Waals surface area contributed by atoms with E-state index >= 15 is 0 Å². The van der Waals surface area contributed by atoms with E-state index in [0.29, 0.717) is 6.42 Å². The number of ether oxygens (including phenoxy) is 1. The third-order valence-electron chi connectivity index (χ3n) is 2.57. The Morgan fingerprint density at radius 3 is 2.41 bits per heavy atom. The van der Waals surface area contributed by atoms with Crippen molar-refractivity contribution in [1.82, 2.24) is 5.43 Å². The average molecular weight is 294 g/mol. The summed E-state index contributed by atoms with van der Waals surface area (Å²) in [5, 5.41) is 4.18. The zero-order valence-corrected chi connectivity index (χ0v) is 11.4. The van der Waals surface area contributed by atoms with Crippen molar-refractivity contribution in [1.29, 1.82) is 0 Å². The minimum absolute atomic E-state index is 0.287. The number of alkyl halides is 3. The zero-order chi connectivity index (χ0) is 12.5. The predicted octanol–water partition coefficient (Wildman–Crippen LogP) is 3.13. The number of hydrogen-bond donors (Lipinski definition) is 1. The number of benzene rings is 1. The number of hydrazone groups is 1. The van der Waals surface area contributed by atoms with Gasteiger partial charge in [0.2, 0.25) is 3.79 Å². The SMILES string of the molecule is COc1ccc(C2=NN[C@H](C(Cl)(Cl)Cl)C2)cc1. The van der Waals surface area contributed by atoms with E-state index in [0.717, 1.165) is 17.0 Å². The maximum absolute atomic E-state index is 5.81. The molecule has 0 saturated carbocycles. The van der Waals surface area contributed by atoms with Gasteiger partial charge in [0, 0.05) is 6.42 Å². The molecule has 1 aliphatic heterocycles. The third-order valence-corrected chi connectivity index (χ3v) is 3.36. The van der Waals surface area contributed by atoms with E-state index in [9.17, 15) is 0 Å². The molecule has 0 bridgehead atoms. The third kappa shape index (κ3) is 2.97. The van der Waals surface area contributed by atoms with Crippen molar-refractivity contribution in [2.24, 2.45) is 5.10 Å². The van der Waals surface area contributed by atoms with Crippen LogP contribution in [0.1, 0.15) is 12.0 Å². The standard InChI is InChI=1S/C11H11Cl3N2O/c1-17-8-4-2-7(3-5-8)9-6-10(16-15-9)11(12,13)14/h2-5,10,16H,6H2,1H3/t10-/m0/s1. The Balaban J connectivity index is 2.09. The van der Waals surface area contributed by atoms with Crippen LogP contribution in [0, 0.1) is 0 Å². The molecule has 17 heavy (non-hydrogen) atoms. The molecule has 0 spiro atoms. The van der Waals surface area contributed by atoms with E-state index in [-0.39, 0.29) is 6.04 Å². The molecule has 1 aromatic carbocycles. The number of hydrogen-bond acceptors (Lipinski definition) is 3. The van der Waals surface area contributed by atoms with Crippen LogP contribution in [-0.2, 0) is 0 Å². The van der Waals surface area contributed by atoms with E-state index in [4.69, 9.17) is 39.5 Å². The molecule has 0 unspecified atom stereocenters. The van der Waals surface area contributed by atoms with E-state index in [1.54, 1.807) is 7.11 Å². The molecule has 1 aliphatic rings. The fourth-order valence-corrected chi connectivity index (χ4v) is 1.97. The maximum atomic E-state index is 5.81. The van der Waals surface area contributed by atoms with Crippen LogP contribution in [0.2, 0.25) is 0 Å². The highest BCUT2D eigenvalue weighted by Crippen LogP contribution is 2.34. The molecule has 1 N–H and O–H groups in total. The first-order valence-corrected chi connectivity index (χ1v) is 6.17. The van der Waals surface area contributed by atoms with Crippen LogP contribution in [0.15, 0.2) is 29.4 Å². The molecule has 1 aromatic rings. The van der Waals surface area contributed by atoms with Crippen LogP contribution < -0.4 is 10.2 Å². The second-order valence-corrected chi connectivity index (χ2v) is 6.08. The lowest BCUT2D eigenvalue weighted by Crippen LogP contribution is -2.33. The molecule has 2 rings (SSSR count). The monoisotopic (exact) mass is 292 g/mol. The van der Waals surface area contributed by atoms with Crippen LogP contribution >= 0.6 is 34.8 Å². The lowest BCUT2D eigenvalue weighted by Gasteiger charge is -2.18. The first kappa shape index (κ1) is 12.8. The molecule has 0 saturated heterocycles. The van der Waals surface area contributed by atoms with Gasteiger partial charge in [0.25, 0.3) is 0 Å². The van der Waals surface area contributed by atoms with Gasteiger partial charge >= 0.3 is 0 Å². The summed E-state index contributed by atoms with van der Waals surface area (Å²) in [6, 6.07) is 7.32. The number of halogens is 3. The van der Waals surface area contributed by atoms with Gasteiger partial charge < -0.3 is 10.2 Å². The molecule has 0 fully saturated rings. The number of methoxy groups -OCH3 is 1. The molecule has 92 valence electrons. The summed E-state index contributed by atoms with van der Waals surface area (Å²) in [6.45, 7) is 0. The van der Waals surface area contributed by atoms with Crippen molar-refractivity contribution >= 4 is 40.5 Å². The first-order valence-electron chi connectivity index (χ1n) is 5.04. The van der Waals surface area contributed by atoms with Crippen molar-refractivity contribution in [2.45, 2.75) is 16.3 Å². The zero-order valence-electron chi connectivity index (χ0n) is 9.08. The fourth-order valence-electron chi connectivity index (χ4n) is 1.60. The van der Waals surface area contributed by atoms with Gasteiger partial charge in [-0.15, -0.1) is 0 Å². The molecular weight excluding hydrogens is 282 g/mol. The smallest absolute Gasteiger partial charge is 0.212 e. The van der Waals surface area contributed by atoms with E-state index in [1.165, 1.54) is 0 Å². The fraction of sp³-hybridized carbons (Fsp3) is 0.364. The Hall–Kier alpha value is -0.640. The summed E-state index contributed by atoms with van der Waals surface area (Å²) < 4.78 is 3.74. The average Bonchev–Trinajstić information content (AvgIpc) is 2.78. The molecule has 0 amide bonds. The maximum Gasteiger partial charge on any atom is 0.212 e. The van der Waals surface area contributed by atoms with Crippen LogP contribution in [0.5, 0.6) is 5.75 Å². The van der Waals surface area contributed by atoms with Crippen molar-refractivity contribution < 1.29 is 4.74 Å². The predicted molar refractivity (Wildman–Crippen MR) is 71.4 cm³/mol. The summed E-state index contributed by atoms with van der Waals surface area (Å²) in [4.78, 5) is 0. The highest BCUT2D eigenvalue weighted by molar-refractivity contribution is 6.68. The molecule has 0 aromatic heterocycles. The van der Waals surface area contributed by atoms with Crippen LogP contribution in [0.3, 0.4) is 0 Å². The van der Waals surface area contributed by atoms with Gasteiger partial charge in [0.05, 0.1) is 18.9 Å². The summed E-state index contributed by atoms with van der Waals surface area (Å²) in [5.41, 5.74) is 4.71. The van der Waals surface area contributed by atoms with Gasteiger partial charge in [0.15, 0.2) is 0 Å². The summed E-state index contributed by atoms with van der Waals surface area (Å²) in [6.07, 6.45) is 0.586. The summed E-state index contributed by atoms with van der Waals surface area (Å²) in [7, 11) is 1.63. The van der Waals surface area contributed by atoms with Gasteiger partial charge in [0.1, 0.15) is 5.75 Å². The number of nitrogens with one attached hydrogen (secondary N) is 1. The molecule has 3 nitrogen and oxygen atoms in total. The van der Waals surface area contributed by atoms with E-state index in [2.05, 4.69) is 10.5 Å². The molecular formula is C11H11Cl3N2O. The van der Waals surface area contributed by atoms with Crippen molar-refractivity contribution in [3.63, 3.8) is 0 Å². The van der Waals surface area contributed by atoms with Gasteiger partial charge in [-0.25, -0.2) is 0 Å². The largest absolute Gasteiger partial charge is 0.497 e. The summed E-state index contributed by atoms with van der Waals surface area (Å²) >= 11 is 17.4. The highest BCUT2D eigenvalue weighted by atomic mass is 35.6. The molecule has 1 heterocycles. The Bertz CT molecular complexity index is 425. The second kappa shape index (κ2) is 4.92. The Morgan fingerprint density at radius 2 is 1.94 bits per heavy atom. The highest BCUT2D eigenvalue weighted by Gasteiger charge is 2.36. The normalized spacial score (nSPS) is 19.8. The van der Waals surface area contributed by atoms with Gasteiger partial charge in [-0.2, -0.15) is 5.10 Å².